The molecule has 15 heavy (non-hydrogen) atoms. The Labute approximate surface area is 94.7 Å². The fraction of sp³-hybridized carbons (Fsp3) is 0.583. The van der Waals surface area contributed by atoms with Gasteiger partial charge in [-0.3, -0.25) is 4.79 Å². The quantitative estimate of drug-likeness (QED) is 0.835. The van der Waals surface area contributed by atoms with Gasteiger partial charge in [0.1, 0.15) is 0 Å². The Kier molecular flexibility index (Phi) is 3.41. The van der Waals surface area contributed by atoms with Crippen molar-refractivity contribution in [1.29, 1.82) is 0 Å². The lowest BCUT2D eigenvalue weighted by Gasteiger charge is -2.26. The zero-order valence-electron chi connectivity index (χ0n) is 9.03. The van der Waals surface area contributed by atoms with Crippen LogP contribution in [-0.4, -0.2) is 11.9 Å². The molecule has 0 aliphatic heterocycles. The summed E-state index contributed by atoms with van der Waals surface area (Å²) in [7, 11) is 0. The number of amides is 1. The molecule has 0 saturated heterocycles. The SMILES string of the molecule is C[C@H](Cc1cccs1)NC(=O)C1CCC1. The first-order valence-corrected chi connectivity index (χ1v) is 6.46. The molecule has 1 heterocycles. The van der Waals surface area contributed by atoms with Gasteiger partial charge >= 0.3 is 0 Å². The smallest absolute Gasteiger partial charge is 0.223 e. The Hall–Kier alpha value is -0.830. The van der Waals surface area contributed by atoms with Crippen molar-refractivity contribution in [2.24, 2.45) is 5.92 Å². The molecule has 1 aliphatic rings. The van der Waals surface area contributed by atoms with E-state index in [4.69, 9.17) is 0 Å². The van der Waals surface area contributed by atoms with Gasteiger partial charge in [-0.25, -0.2) is 0 Å². The number of carbonyl (C=O) groups excluding carboxylic acids is 1. The van der Waals surface area contributed by atoms with E-state index in [9.17, 15) is 4.79 Å². The van der Waals surface area contributed by atoms with Crippen LogP contribution in [0.4, 0.5) is 0 Å². The van der Waals surface area contributed by atoms with Crippen LogP contribution in [0.25, 0.3) is 0 Å². The van der Waals surface area contributed by atoms with Crippen molar-refractivity contribution in [3.05, 3.63) is 22.4 Å². The van der Waals surface area contributed by atoms with Gasteiger partial charge in [0.2, 0.25) is 5.91 Å². The molecule has 0 bridgehead atoms. The maximum atomic E-state index is 11.7. The zero-order valence-corrected chi connectivity index (χ0v) is 9.85. The lowest BCUT2D eigenvalue weighted by molar-refractivity contribution is -0.127. The minimum atomic E-state index is 0.255. The average Bonchev–Trinajstić information content (AvgIpc) is 2.52. The first-order chi connectivity index (χ1) is 7.25. The van der Waals surface area contributed by atoms with E-state index in [1.165, 1.54) is 11.3 Å². The zero-order chi connectivity index (χ0) is 10.7. The van der Waals surface area contributed by atoms with E-state index >= 15 is 0 Å². The number of nitrogens with one attached hydrogen (secondary N) is 1. The van der Waals surface area contributed by atoms with Crippen molar-refractivity contribution < 1.29 is 4.79 Å². The van der Waals surface area contributed by atoms with Gasteiger partial charge in [-0.15, -0.1) is 11.3 Å². The summed E-state index contributed by atoms with van der Waals surface area (Å²) in [6, 6.07) is 4.44. The van der Waals surface area contributed by atoms with E-state index in [1.54, 1.807) is 11.3 Å². The molecule has 0 unspecified atom stereocenters. The van der Waals surface area contributed by atoms with Crippen molar-refractivity contribution in [2.75, 3.05) is 0 Å². The summed E-state index contributed by atoms with van der Waals surface area (Å²) in [5.74, 6) is 0.557. The van der Waals surface area contributed by atoms with E-state index < -0.39 is 0 Å². The molecular formula is C12H17NOS. The number of hydrogen-bond donors (Lipinski definition) is 1. The first kappa shape index (κ1) is 10.7. The van der Waals surface area contributed by atoms with Crippen LogP contribution in [0.2, 0.25) is 0 Å². The van der Waals surface area contributed by atoms with Crippen LogP contribution in [0.15, 0.2) is 17.5 Å². The lowest BCUT2D eigenvalue weighted by Crippen LogP contribution is -2.40. The highest BCUT2D eigenvalue weighted by atomic mass is 32.1. The van der Waals surface area contributed by atoms with Gasteiger partial charge in [0.05, 0.1) is 0 Å². The van der Waals surface area contributed by atoms with Gasteiger partial charge in [-0.2, -0.15) is 0 Å². The molecule has 1 aliphatic carbocycles. The molecule has 1 N–H and O–H groups in total. The van der Waals surface area contributed by atoms with Gasteiger partial charge in [-0.1, -0.05) is 12.5 Å². The van der Waals surface area contributed by atoms with Crippen LogP contribution < -0.4 is 5.32 Å². The molecule has 1 saturated carbocycles. The van der Waals surface area contributed by atoms with E-state index in [1.807, 2.05) is 0 Å². The topological polar surface area (TPSA) is 29.1 Å². The Morgan fingerprint density at radius 2 is 2.47 bits per heavy atom. The standard InChI is InChI=1S/C12H17NOS/c1-9(8-11-6-3-7-15-11)13-12(14)10-4-2-5-10/h3,6-7,9-10H,2,4-5,8H2,1H3,(H,13,14)/t9-/m1/s1. The monoisotopic (exact) mass is 223 g/mol. The van der Waals surface area contributed by atoms with E-state index in [0.717, 1.165) is 19.3 Å². The number of rotatable bonds is 4. The number of thiophene rings is 1. The molecule has 1 aromatic heterocycles. The summed E-state index contributed by atoms with van der Waals surface area (Å²) < 4.78 is 0. The Bertz CT molecular complexity index is 316. The second kappa shape index (κ2) is 4.79. The largest absolute Gasteiger partial charge is 0.353 e. The van der Waals surface area contributed by atoms with Gasteiger partial charge in [0.15, 0.2) is 0 Å². The lowest BCUT2D eigenvalue weighted by atomic mass is 9.84. The molecule has 0 aromatic carbocycles. The maximum absolute atomic E-state index is 11.7. The molecule has 0 spiro atoms. The second-order valence-corrected chi connectivity index (χ2v) is 5.35. The van der Waals surface area contributed by atoms with Crippen LogP contribution in [-0.2, 0) is 11.2 Å². The third-order valence-electron chi connectivity index (χ3n) is 2.95. The van der Waals surface area contributed by atoms with Gasteiger partial charge in [0, 0.05) is 23.3 Å². The van der Waals surface area contributed by atoms with Crippen LogP contribution in [0.3, 0.4) is 0 Å². The number of carbonyl (C=O) groups is 1. The third-order valence-corrected chi connectivity index (χ3v) is 3.85. The molecular weight excluding hydrogens is 206 g/mol. The highest BCUT2D eigenvalue weighted by Crippen LogP contribution is 2.26. The number of hydrogen-bond acceptors (Lipinski definition) is 2. The van der Waals surface area contributed by atoms with Crippen LogP contribution in [0, 0.1) is 5.92 Å². The van der Waals surface area contributed by atoms with Gasteiger partial charge < -0.3 is 5.32 Å². The summed E-state index contributed by atoms with van der Waals surface area (Å²) in [5.41, 5.74) is 0. The van der Waals surface area contributed by atoms with Crippen molar-refractivity contribution in [2.45, 2.75) is 38.6 Å². The van der Waals surface area contributed by atoms with Crippen molar-refractivity contribution in [1.82, 2.24) is 5.32 Å². The maximum Gasteiger partial charge on any atom is 0.223 e. The molecule has 0 radical (unpaired) electrons. The minimum absolute atomic E-state index is 0.255. The summed E-state index contributed by atoms with van der Waals surface area (Å²) in [5, 5.41) is 5.17. The van der Waals surface area contributed by atoms with E-state index in [0.29, 0.717) is 5.92 Å². The summed E-state index contributed by atoms with van der Waals surface area (Å²) >= 11 is 1.76. The molecule has 1 aromatic rings. The third kappa shape index (κ3) is 2.81. The molecule has 2 rings (SSSR count). The highest BCUT2D eigenvalue weighted by Gasteiger charge is 2.25. The Morgan fingerprint density at radius 1 is 1.67 bits per heavy atom. The summed E-state index contributed by atoms with van der Waals surface area (Å²) in [6.45, 7) is 2.08. The highest BCUT2D eigenvalue weighted by molar-refractivity contribution is 7.09. The molecule has 2 nitrogen and oxygen atoms in total. The normalized spacial score (nSPS) is 18.2. The van der Waals surface area contributed by atoms with Crippen LogP contribution in [0.1, 0.15) is 31.1 Å². The van der Waals surface area contributed by atoms with E-state index in [2.05, 4.69) is 29.8 Å². The van der Waals surface area contributed by atoms with Gasteiger partial charge in [0.25, 0.3) is 0 Å². The molecule has 82 valence electrons. The molecule has 1 atom stereocenters. The minimum Gasteiger partial charge on any atom is -0.353 e. The van der Waals surface area contributed by atoms with Gasteiger partial charge in [-0.05, 0) is 31.2 Å². The molecule has 1 amide bonds. The average molecular weight is 223 g/mol. The van der Waals surface area contributed by atoms with Crippen molar-refractivity contribution in [3.63, 3.8) is 0 Å². The van der Waals surface area contributed by atoms with E-state index in [-0.39, 0.29) is 11.9 Å². The summed E-state index contributed by atoms with van der Waals surface area (Å²) in [6.07, 6.45) is 4.34. The fourth-order valence-corrected chi connectivity index (χ4v) is 2.65. The van der Waals surface area contributed by atoms with Crippen molar-refractivity contribution >= 4 is 17.2 Å². The predicted octanol–water partition coefficient (Wildman–Crippen LogP) is 2.60. The Balaban J connectivity index is 1.76. The fourth-order valence-electron chi connectivity index (χ4n) is 1.81. The van der Waals surface area contributed by atoms with Crippen LogP contribution >= 0.6 is 11.3 Å². The first-order valence-electron chi connectivity index (χ1n) is 5.58. The summed E-state index contributed by atoms with van der Waals surface area (Å²) in [4.78, 5) is 13.0. The molecule has 1 fully saturated rings. The molecule has 3 heteroatoms. The predicted molar refractivity (Wildman–Crippen MR) is 63.0 cm³/mol. The van der Waals surface area contributed by atoms with Crippen molar-refractivity contribution in [3.8, 4) is 0 Å². The second-order valence-electron chi connectivity index (χ2n) is 4.32. The van der Waals surface area contributed by atoms with Crippen LogP contribution in [0.5, 0.6) is 0 Å². The Morgan fingerprint density at radius 3 is 3.00 bits per heavy atom.